The molecule has 0 heteroatoms. The van der Waals surface area contributed by atoms with E-state index < -0.39 is 0 Å². The lowest BCUT2D eigenvalue weighted by molar-refractivity contribution is 0.607. The van der Waals surface area contributed by atoms with E-state index in [1.165, 1.54) is 128 Å². The van der Waals surface area contributed by atoms with Crippen molar-refractivity contribution in [3.8, 4) is 23.7 Å². The number of allylic oxidation sites excluding steroid dienone is 4. The molecule has 0 spiro atoms. The molecule has 0 saturated carbocycles. The standard InChI is InChI=1S/C28H34.C27H32/c1-3-5-7-23-9-11-25(12-10-23)13-14-26-17-21-28(22-18-26)27-19-15-24(16-20-27)8-6-4-2;1-3-5-7-23-8-10-24(11-9-23)12-13-25-16-20-27(21-17-25)26-18-14-22(6-4-2)15-19-26/h9-12,15-17,19-20,28H,3-8,18,21-22H2,1-2H3;8-11,14-16,18-19,27H,3-7,17,20-21H2,1-2H3. The van der Waals surface area contributed by atoms with Crippen molar-refractivity contribution >= 4 is 0 Å². The van der Waals surface area contributed by atoms with E-state index in [0.717, 1.165) is 36.8 Å². The third-order valence-corrected chi connectivity index (χ3v) is 11.4. The van der Waals surface area contributed by atoms with Gasteiger partial charge in [0, 0.05) is 11.1 Å². The van der Waals surface area contributed by atoms with Crippen LogP contribution < -0.4 is 0 Å². The maximum atomic E-state index is 3.42. The van der Waals surface area contributed by atoms with E-state index in [1.807, 2.05) is 0 Å². The lowest BCUT2D eigenvalue weighted by atomic mass is 9.84. The zero-order valence-electron chi connectivity index (χ0n) is 34.6. The summed E-state index contributed by atoms with van der Waals surface area (Å²) in [6.07, 6.45) is 25.1. The van der Waals surface area contributed by atoms with Crippen LogP contribution in [-0.2, 0) is 25.7 Å². The summed E-state index contributed by atoms with van der Waals surface area (Å²) in [6, 6.07) is 36.2. The van der Waals surface area contributed by atoms with Crippen LogP contribution in [-0.4, -0.2) is 0 Å². The van der Waals surface area contributed by atoms with Gasteiger partial charge in [-0.1, -0.05) is 162 Å². The Hall–Kier alpha value is -4.52. The van der Waals surface area contributed by atoms with E-state index >= 15 is 0 Å². The molecular weight excluding hydrogens is 661 g/mol. The highest BCUT2D eigenvalue weighted by Crippen LogP contribution is 2.33. The van der Waals surface area contributed by atoms with Gasteiger partial charge in [-0.25, -0.2) is 0 Å². The van der Waals surface area contributed by atoms with Crippen LogP contribution in [0.1, 0.15) is 168 Å². The molecule has 0 aliphatic heterocycles. The first-order valence-electron chi connectivity index (χ1n) is 21.8. The van der Waals surface area contributed by atoms with E-state index in [0.29, 0.717) is 11.8 Å². The van der Waals surface area contributed by atoms with Crippen molar-refractivity contribution in [2.24, 2.45) is 0 Å². The summed E-state index contributed by atoms with van der Waals surface area (Å²) in [6.45, 7) is 8.98. The van der Waals surface area contributed by atoms with Crippen molar-refractivity contribution in [3.05, 3.63) is 165 Å². The van der Waals surface area contributed by atoms with Crippen LogP contribution in [0.4, 0.5) is 0 Å². The summed E-state index contributed by atoms with van der Waals surface area (Å²) in [5, 5.41) is 0. The predicted molar refractivity (Wildman–Crippen MR) is 239 cm³/mol. The minimum Gasteiger partial charge on any atom is -0.0723 e. The molecule has 4 aromatic carbocycles. The fourth-order valence-electron chi connectivity index (χ4n) is 7.66. The highest BCUT2D eigenvalue weighted by Gasteiger charge is 2.16. The second-order valence-electron chi connectivity index (χ2n) is 15.8. The van der Waals surface area contributed by atoms with Gasteiger partial charge >= 0.3 is 0 Å². The van der Waals surface area contributed by atoms with Crippen LogP contribution in [0, 0.1) is 23.7 Å². The summed E-state index contributed by atoms with van der Waals surface area (Å²) < 4.78 is 0. The first kappa shape index (κ1) is 41.6. The topological polar surface area (TPSA) is 0 Å². The van der Waals surface area contributed by atoms with Crippen LogP contribution >= 0.6 is 0 Å². The normalized spacial score (nSPS) is 16.3. The van der Waals surface area contributed by atoms with Crippen LogP contribution in [0.2, 0.25) is 0 Å². The molecule has 2 unspecified atom stereocenters. The fraction of sp³-hybridized carbons (Fsp3) is 0.418. The van der Waals surface area contributed by atoms with Gasteiger partial charge in [0.15, 0.2) is 0 Å². The minimum atomic E-state index is 0.656. The van der Waals surface area contributed by atoms with Crippen molar-refractivity contribution in [3.63, 3.8) is 0 Å². The quantitative estimate of drug-likeness (QED) is 0.120. The monoisotopic (exact) mass is 727 g/mol. The van der Waals surface area contributed by atoms with Crippen LogP contribution in [0.15, 0.2) is 120 Å². The second-order valence-corrected chi connectivity index (χ2v) is 15.8. The molecule has 4 aromatic rings. The third kappa shape index (κ3) is 14.2. The Kier molecular flexibility index (Phi) is 17.7. The highest BCUT2D eigenvalue weighted by molar-refractivity contribution is 5.44. The molecule has 6 rings (SSSR count). The van der Waals surface area contributed by atoms with Gasteiger partial charge in [-0.3, -0.25) is 0 Å². The molecule has 0 N–H and O–H groups in total. The SMILES string of the molecule is CCCCc1ccc(C#CC2=CCC(c3ccc(CCC)cc3)CC2)cc1.CCCCc1ccc(C#CC2=CCC(c3ccc(CCCC)cc3)CC2)cc1. The Morgan fingerprint density at radius 3 is 1.05 bits per heavy atom. The van der Waals surface area contributed by atoms with Gasteiger partial charge in [0.2, 0.25) is 0 Å². The number of benzene rings is 4. The molecule has 0 heterocycles. The molecule has 55 heavy (non-hydrogen) atoms. The summed E-state index contributed by atoms with van der Waals surface area (Å²) in [4.78, 5) is 0. The van der Waals surface area contributed by atoms with Gasteiger partial charge in [-0.2, -0.15) is 0 Å². The van der Waals surface area contributed by atoms with Gasteiger partial charge < -0.3 is 0 Å². The Balaban J connectivity index is 0.000000211. The maximum absolute atomic E-state index is 3.42. The number of hydrogen-bond donors (Lipinski definition) is 0. The summed E-state index contributed by atoms with van der Waals surface area (Å²) in [5.74, 6) is 14.9. The predicted octanol–water partition coefficient (Wildman–Crippen LogP) is 14.8. The van der Waals surface area contributed by atoms with E-state index in [9.17, 15) is 0 Å². The molecule has 0 saturated heterocycles. The Bertz CT molecular complexity index is 1890. The number of hydrogen-bond acceptors (Lipinski definition) is 0. The summed E-state index contributed by atoms with van der Waals surface area (Å²) in [7, 11) is 0. The molecule has 0 amide bonds. The molecule has 286 valence electrons. The molecule has 0 fully saturated rings. The lowest BCUT2D eigenvalue weighted by Crippen LogP contribution is -2.04. The number of aryl methyl sites for hydroxylation is 4. The minimum absolute atomic E-state index is 0.656. The van der Waals surface area contributed by atoms with Crippen LogP contribution in [0.25, 0.3) is 0 Å². The zero-order chi connectivity index (χ0) is 38.5. The van der Waals surface area contributed by atoms with Crippen molar-refractivity contribution in [2.75, 3.05) is 0 Å². The Morgan fingerprint density at radius 1 is 0.400 bits per heavy atom. The molecule has 2 atom stereocenters. The van der Waals surface area contributed by atoms with Crippen molar-refractivity contribution < 1.29 is 0 Å². The molecule has 0 nitrogen and oxygen atoms in total. The Labute approximate surface area is 336 Å². The van der Waals surface area contributed by atoms with Gasteiger partial charge in [0.25, 0.3) is 0 Å². The van der Waals surface area contributed by atoms with Gasteiger partial charge in [-0.05, 0) is 164 Å². The maximum Gasteiger partial charge on any atom is 0.0249 e. The van der Waals surface area contributed by atoms with Crippen molar-refractivity contribution in [1.82, 2.24) is 0 Å². The molecule has 2 aliphatic carbocycles. The number of rotatable bonds is 13. The van der Waals surface area contributed by atoms with E-state index in [-0.39, 0.29) is 0 Å². The molecule has 0 radical (unpaired) electrons. The smallest absolute Gasteiger partial charge is 0.0249 e. The Morgan fingerprint density at radius 2 is 0.745 bits per heavy atom. The highest BCUT2D eigenvalue weighted by atomic mass is 14.2. The largest absolute Gasteiger partial charge is 0.0723 e. The summed E-state index contributed by atoms with van der Waals surface area (Å²) >= 11 is 0. The number of unbranched alkanes of at least 4 members (excludes halogenated alkanes) is 3. The average molecular weight is 727 g/mol. The van der Waals surface area contributed by atoms with Crippen molar-refractivity contribution in [1.29, 1.82) is 0 Å². The molecular formula is C55H66. The third-order valence-electron chi connectivity index (χ3n) is 11.4. The molecule has 0 bridgehead atoms. The second kappa shape index (κ2) is 23.4. The van der Waals surface area contributed by atoms with Crippen LogP contribution in [0.5, 0.6) is 0 Å². The average Bonchev–Trinajstić information content (AvgIpc) is 3.24. The zero-order valence-corrected chi connectivity index (χ0v) is 34.6. The van der Waals surface area contributed by atoms with Crippen LogP contribution in [0.3, 0.4) is 0 Å². The van der Waals surface area contributed by atoms with E-state index in [1.54, 1.807) is 0 Å². The first-order valence-corrected chi connectivity index (χ1v) is 21.8. The van der Waals surface area contributed by atoms with Gasteiger partial charge in [0.1, 0.15) is 0 Å². The molecule has 0 aromatic heterocycles. The summed E-state index contributed by atoms with van der Waals surface area (Å²) in [5.41, 5.74) is 13.6. The van der Waals surface area contributed by atoms with Gasteiger partial charge in [-0.15, -0.1) is 0 Å². The van der Waals surface area contributed by atoms with Gasteiger partial charge in [0.05, 0.1) is 0 Å². The first-order chi connectivity index (χ1) is 27.1. The van der Waals surface area contributed by atoms with E-state index in [4.69, 9.17) is 0 Å². The lowest BCUT2D eigenvalue weighted by Gasteiger charge is -2.20. The fourth-order valence-corrected chi connectivity index (χ4v) is 7.66. The van der Waals surface area contributed by atoms with E-state index in [2.05, 4.69) is 161 Å². The molecule has 2 aliphatic rings. The van der Waals surface area contributed by atoms with Crippen molar-refractivity contribution in [2.45, 2.75) is 149 Å².